The van der Waals surface area contributed by atoms with Gasteiger partial charge in [-0.25, -0.2) is 4.98 Å². The zero-order valence-corrected chi connectivity index (χ0v) is 16.8. The summed E-state index contributed by atoms with van der Waals surface area (Å²) in [6, 6.07) is 16.6. The summed E-state index contributed by atoms with van der Waals surface area (Å²) in [5.74, 6) is -0.289. The molecule has 0 spiro atoms. The molecule has 3 aromatic heterocycles. The van der Waals surface area contributed by atoms with E-state index < -0.39 is 6.36 Å². The number of imidazole rings is 1. The van der Waals surface area contributed by atoms with Crippen molar-refractivity contribution in [2.24, 2.45) is 0 Å². The molecule has 5 aromatic rings. The maximum atomic E-state index is 12.8. The normalized spacial score (nSPS) is 11.9. The number of hydrogen-bond donors (Lipinski definition) is 1. The van der Waals surface area contributed by atoms with E-state index in [1.54, 1.807) is 19.2 Å². The van der Waals surface area contributed by atoms with Crippen LogP contribution >= 0.6 is 0 Å². The van der Waals surface area contributed by atoms with Crippen molar-refractivity contribution in [2.45, 2.75) is 13.3 Å². The fourth-order valence-electron chi connectivity index (χ4n) is 3.73. The molecule has 0 aliphatic heterocycles. The van der Waals surface area contributed by atoms with E-state index in [0.29, 0.717) is 27.9 Å². The zero-order valence-electron chi connectivity index (χ0n) is 16.8. The largest absolute Gasteiger partial charge is 0.573 e. The summed E-state index contributed by atoms with van der Waals surface area (Å²) in [4.78, 5) is 20.7. The van der Waals surface area contributed by atoms with Crippen LogP contribution in [0.2, 0.25) is 0 Å². The van der Waals surface area contributed by atoms with Crippen molar-refractivity contribution in [1.82, 2.24) is 14.4 Å². The summed E-state index contributed by atoms with van der Waals surface area (Å²) in [7, 11) is 0. The third-order valence-electron chi connectivity index (χ3n) is 5.27. The molecule has 2 aromatic carbocycles. The molecule has 0 unspecified atom stereocenters. The number of halogens is 3. The molecule has 0 amide bonds. The Balaban J connectivity index is 1.53. The number of alkyl halides is 3. The van der Waals surface area contributed by atoms with Crippen molar-refractivity contribution < 1.29 is 17.9 Å². The quantitative estimate of drug-likeness (QED) is 0.395. The van der Waals surface area contributed by atoms with Crippen LogP contribution in [0.25, 0.3) is 39.1 Å². The second-order valence-corrected chi connectivity index (χ2v) is 7.38. The number of rotatable bonds is 3. The van der Waals surface area contributed by atoms with Crippen molar-refractivity contribution >= 4 is 16.6 Å². The summed E-state index contributed by atoms with van der Waals surface area (Å²) in [6.07, 6.45) is -1.09. The van der Waals surface area contributed by atoms with E-state index in [1.807, 2.05) is 40.9 Å². The monoisotopic (exact) mass is 435 g/mol. The Hall–Kier alpha value is -4.07. The highest BCUT2D eigenvalue weighted by Gasteiger charge is 2.31. The number of pyridine rings is 2. The molecule has 0 aliphatic rings. The number of aromatic amines is 1. The van der Waals surface area contributed by atoms with Crippen molar-refractivity contribution in [3.63, 3.8) is 0 Å². The number of ether oxygens (including phenoxy) is 1. The SMILES string of the molecule is Cc1c(-c2ccc3nc(-c4ccc(OC(F)(F)F)cc4)cn3c2)[nH]c2ccccc2c1=O. The Morgan fingerprint density at radius 3 is 2.41 bits per heavy atom. The van der Waals surface area contributed by atoms with Gasteiger partial charge in [0.25, 0.3) is 0 Å². The molecule has 0 fully saturated rings. The number of nitrogens with zero attached hydrogens (tertiary/aromatic N) is 2. The smallest absolute Gasteiger partial charge is 0.406 e. The molecule has 0 bridgehead atoms. The number of H-pyrrole nitrogens is 1. The number of aromatic nitrogens is 3. The standard InChI is InChI=1S/C24H16F3N3O2/c1-14-22(29-19-5-3-2-4-18(19)23(14)31)16-8-11-21-28-20(13-30(21)12-16)15-6-9-17(10-7-15)32-24(25,26)27/h2-13H,1H3,(H,29,31). The number of fused-ring (bicyclic) bond motifs is 2. The van der Waals surface area contributed by atoms with Gasteiger partial charge >= 0.3 is 6.36 Å². The average Bonchev–Trinajstić information content (AvgIpc) is 3.19. The summed E-state index contributed by atoms with van der Waals surface area (Å²) in [5.41, 5.74) is 4.80. The molecule has 0 radical (unpaired) electrons. The van der Waals surface area contributed by atoms with Crippen LogP contribution < -0.4 is 10.2 Å². The summed E-state index contributed by atoms with van der Waals surface area (Å²) in [5, 5.41) is 0.637. The molecule has 160 valence electrons. The lowest BCUT2D eigenvalue weighted by atomic mass is 10.1. The Morgan fingerprint density at radius 2 is 1.66 bits per heavy atom. The molecular formula is C24H16F3N3O2. The third kappa shape index (κ3) is 3.60. The lowest BCUT2D eigenvalue weighted by Gasteiger charge is -2.09. The molecule has 0 atom stereocenters. The average molecular weight is 435 g/mol. The number of hydrogen-bond acceptors (Lipinski definition) is 3. The predicted molar refractivity (Wildman–Crippen MR) is 116 cm³/mol. The summed E-state index contributed by atoms with van der Waals surface area (Å²) >= 11 is 0. The zero-order chi connectivity index (χ0) is 22.5. The molecule has 8 heteroatoms. The first-order valence-corrected chi connectivity index (χ1v) is 9.75. The van der Waals surface area contributed by atoms with Crippen LogP contribution in [0.15, 0.2) is 77.9 Å². The van der Waals surface area contributed by atoms with Gasteiger partial charge in [0.2, 0.25) is 0 Å². The first-order chi connectivity index (χ1) is 15.3. The lowest BCUT2D eigenvalue weighted by Crippen LogP contribution is -2.16. The van der Waals surface area contributed by atoms with E-state index in [1.165, 1.54) is 24.3 Å². The van der Waals surface area contributed by atoms with Gasteiger partial charge in [0.05, 0.1) is 11.4 Å². The molecule has 32 heavy (non-hydrogen) atoms. The van der Waals surface area contributed by atoms with Gasteiger partial charge in [-0.1, -0.05) is 12.1 Å². The molecule has 0 saturated carbocycles. The maximum Gasteiger partial charge on any atom is 0.573 e. The van der Waals surface area contributed by atoms with Gasteiger partial charge in [-0.05, 0) is 55.5 Å². The molecular weight excluding hydrogens is 419 g/mol. The van der Waals surface area contributed by atoms with Gasteiger partial charge in [0.15, 0.2) is 5.43 Å². The Morgan fingerprint density at radius 1 is 0.938 bits per heavy atom. The van der Waals surface area contributed by atoms with Crippen LogP contribution in [-0.4, -0.2) is 20.7 Å². The van der Waals surface area contributed by atoms with Gasteiger partial charge in [0, 0.05) is 40.0 Å². The van der Waals surface area contributed by atoms with Gasteiger partial charge in [0.1, 0.15) is 11.4 Å². The van der Waals surface area contributed by atoms with Crippen LogP contribution in [0.5, 0.6) is 5.75 Å². The van der Waals surface area contributed by atoms with Crippen molar-refractivity contribution in [2.75, 3.05) is 0 Å². The van der Waals surface area contributed by atoms with Crippen molar-refractivity contribution in [3.05, 3.63) is 88.8 Å². The first kappa shape index (κ1) is 19.9. The van der Waals surface area contributed by atoms with Crippen LogP contribution in [0.1, 0.15) is 5.56 Å². The summed E-state index contributed by atoms with van der Waals surface area (Å²) in [6.45, 7) is 1.79. The van der Waals surface area contributed by atoms with E-state index >= 15 is 0 Å². The number of para-hydroxylation sites is 1. The lowest BCUT2D eigenvalue weighted by molar-refractivity contribution is -0.274. The molecule has 3 heterocycles. The molecule has 0 aliphatic carbocycles. The van der Waals surface area contributed by atoms with E-state index in [4.69, 9.17) is 0 Å². The van der Waals surface area contributed by atoms with Crippen LogP contribution in [0.3, 0.4) is 0 Å². The van der Waals surface area contributed by atoms with Crippen molar-refractivity contribution in [1.29, 1.82) is 0 Å². The van der Waals surface area contributed by atoms with Gasteiger partial charge in [-0.2, -0.15) is 0 Å². The number of nitrogens with one attached hydrogen (secondary N) is 1. The highest BCUT2D eigenvalue weighted by molar-refractivity contribution is 5.83. The number of benzene rings is 2. The fourth-order valence-corrected chi connectivity index (χ4v) is 3.73. The van der Waals surface area contributed by atoms with Gasteiger partial charge < -0.3 is 14.1 Å². The van der Waals surface area contributed by atoms with E-state index in [-0.39, 0.29) is 11.2 Å². The Labute approximate surface area is 179 Å². The Bertz CT molecular complexity index is 1520. The second kappa shape index (κ2) is 7.26. The van der Waals surface area contributed by atoms with E-state index in [0.717, 1.165) is 16.8 Å². The minimum absolute atomic E-state index is 0.0260. The molecule has 5 nitrogen and oxygen atoms in total. The second-order valence-electron chi connectivity index (χ2n) is 7.38. The maximum absolute atomic E-state index is 12.8. The molecule has 1 N–H and O–H groups in total. The van der Waals surface area contributed by atoms with E-state index in [9.17, 15) is 18.0 Å². The van der Waals surface area contributed by atoms with Gasteiger partial charge in [-0.3, -0.25) is 4.79 Å². The van der Waals surface area contributed by atoms with Crippen LogP contribution in [-0.2, 0) is 0 Å². The minimum Gasteiger partial charge on any atom is -0.406 e. The van der Waals surface area contributed by atoms with Crippen LogP contribution in [0, 0.1) is 6.92 Å². The fraction of sp³-hybridized carbons (Fsp3) is 0.0833. The predicted octanol–water partition coefficient (Wildman–Crippen LogP) is 5.72. The highest BCUT2D eigenvalue weighted by Crippen LogP contribution is 2.28. The summed E-state index contributed by atoms with van der Waals surface area (Å²) < 4.78 is 42.8. The first-order valence-electron chi connectivity index (χ1n) is 9.75. The highest BCUT2D eigenvalue weighted by atomic mass is 19.4. The molecule has 0 saturated heterocycles. The van der Waals surface area contributed by atoms with E-state index in [2.05, 4.69) is 14.7 Å². The van der Waals surface area contributed by atoms with Gasteiger partial charge in [-0.15, -0.1) is 13.2 Å². The molecule has 5 rings (SSSR count). The van der Waals surface area contributed by atoms with Crippen molar-refractivity contribution in [3.8, 4) is 28.3 Å². The minimum atomic E-state index is -4.73. The van der Waals surface area contributed by atoms with Crippen LogP contribution in [0.4, 0.5) is 13.2 Å². The third-order valence-corrected chi connectivity index (χ3v) is 5.27. The Kier molecular flexibility index (Phi) is 4.51. The topological polar surface area (TPSA) is 59.4 Å².